The van der Waals surface area contributed by atoms with Crippen LogP contribution in [-0.4, -0.2) is 73.7 Å². The molecule has 6 rings (SSSR count). The predicted molar refractivity (Wildman–Crippen MR) is 197 cm³/mol. The number of hydrogen-bond acceptors (Lipinski definition) is 7. The molecule has 3 heterocycles. The number of aromatic nitrogens is 1. The number of carbonyl (C=O) groups is 1. The van der Waals surface area contributed by atoms with Crippen LogP contribution in [0.2, 0.25) is 0 Å². The highest BCUT2D eigenvalue weighted by Gasteiger charge is 2.34. The highest BCUT2D eigenvalue weighted by atomic mass is 32.2. The fourth-order valence-electron chi connectivity index (χ4n) is 7.49. The number of pyridine rings is 1. The highest BCUT2D eigenvalue weighted by Crippen LogP contribution is 2.39. The average Bonchev–Trinajstić information content (AvgIpc) is 3.14. The molecule has 0 radical (unpaired) electrons. The lowest BCUT2D eigenvalue weighted by Crippen LogP contribution is -2.46. The van der Waals surface area contributed by atoms with E-state index in [2.05, 4.69) is 15.1 Å². The molecule has 0 saturated carbocycles. The summed E-state index contributed by atoms with van der Waals surface area (Å²) in [5, 5.41) is 2.60. The van der Waals surface area contributed by atoms with Crippen LogP contribution in [0.5, 0.6) is 5.75 Å². The predicted octanol–water partition coefficient (Wildman–Crippen LogP) is 8.05. The van der Waals surface area contributed by atoms with Gasteiger partial charge >= 0.3 is 6.18 Å². The maximum atomic E-state index is 14.7. The molecule has 1 N–H and O–H groups in total. The topological polar surface area (TPSA) is 91.8 Å². The van der Waals surface area contributed by atoms with Crippen molar-refractivity contribution in [3.63, 3.8) is 0 Å². The molecule has 8 nitrogen and oxygen atoms in total. The summed E-state index contributed by atoms with van der Waals surface area (Å²) < 4.78 is 75.1. The summed E-state index contributed by atoms with van der Waals surface area (Å²) in [5.74, 6) is -0.437. The first-order valence-electron chi connectivity index (χ1n) is 18.1. The molecule has 0 aliphatic carbocycles. The second-order valence-electron chi connectivity index (χ2n) is 14.2. The molecule has 3 aromatic carbocycles. The van der Waals surface area contributed by atoms with Crippen molar-refractivity contribution in [2.45, 2.75) is 87.8 Å². The van der Waals surface area contributed by atoms with E-state index in [1.807, 2.05) is 37.3 Å². The second kappa shape index (κ2) is 15.5. The number of methoxy groups -OCH3 is 1. The molecule has 2 saturated heterocycles. The fourth-order valence-corrected chi connectivity index (χ4v) is 8.70. The Hall–Kier alpha value is -4.00. The number of sulfone groups is 1. The zero-order chi connectivity index (χ0) is 37.2. The van der Waals surface area contributed by atoms with Crippen molar-refractivity contribution in [1.29, 1.82) is 0 Å². The van der Waals surface area contributed by atoms with Crippen LogP contribution in [0.3, 0.4) is 0 Å². The monoisotopic (exact) mass is 736 g/mol. The Balaban J connectivity index is 1.55. The number of ether oxygens (including phenoxy) is 1. The molecule has 52 heavy (non-hydrogen) atoms. The molecule has 1 atom stereocenters. The molecule has 12 heteroatoms. The zero-order valence-electron chi connectivity index (χ0n) is 30.2. The average molecular weight is 737 g/mol. The number of hydrogen-bond donors (Lipinski definition) is 1. The number of alkyl halides is 3. The Bertz CT molecular complexity index is 2010. The maximum Gasteiger partial charge on any atom is 0.416 e. The lowest BCUT2D eigenvalue weighted by atomic mass is 9.93. The zero-order valence-corrected chi connectivity index (χ0v) is 31.0. The van der Waals surface area contributed by atoms with E-state index < -0.39 is 38.8 Å². The normalized spacial score (nSPS) is 17.4. The standard InChI is InChI=1S/C40H47F3N4O4S/c1-26(2)52(49,50)36-23-32-34(24-35(36)51-4)45-38(29-14-11-15-30(22-29)40(41,42)43)33(37(32)39(48)44-27(3)28-12-7-5-8-13-28)25-46-20-16-31(17-21-46)47-18-9-6-10-19-47/h5,7-8,11-15,22-24,26-27,31H,6,9-10,16-21,25H2,1-4H3,(H,44,48)/t27-/m0/s1. The van der Waals surface area contributed by atoms with Gasteiger partial charge in [0.25, 0.3) is 5.91 Å². The Morgan fingerprint density at radius 2 is 1.63 bits per heavy atom. The van der Waals surface area contributed by atoms with E-state index in [-0.39, 0.29) is 44.9 Å². The second-order valence-corrected chi connectivity index (χ2v) is 16.7. The minimum atomic E-state index is -4.60. The van der Waals surface area contributed by atoms with Gasteiger partial charge in [-0.05, 0) is 96.4 Å². The van der Waals surface area contributed by atoms with Crippen LogP contribution in [0.25, 0.3) is 22.2 Å². The van der Waals surface area contributed by atoms with E-state index in [1.165, 1.54) is 44.6 Å². The van der Waals surface area contributed by atoms with Gasteiger partial charge in [-0.15, -0.1) is 0 Å². The van der Waals surface area contributed by atoms with Gasteiger partial charge < -0.3 is 15.0 Å². The molecule has 1 aromatic heterocycles. The van der Waals surface area contributed by atoms with Gasteiger partial charge in [0.2, 0.25) is 0 Å². The van der Waals surface area contributed by atoms with Crippen molar-refractivity contribution in [1.82, 2.24) is 20.1 Å². The van der Waals surface area contributed by atoms with E-state index in [0.717, 1.165) is 56.7 Å². The number of halogens is 3. The van der Waals surface area contributed by atoms with Crippen molar-refractivity contribution in [3.8, 4) is 17.0 Å². The van der Waals surface area contributed by atoms with E-state index in [9.17, 15) is 26.4 Å². The number of fused-ring (bicyclic) bond motifs is 1. The third-order valence-electron chi connectivity index (χ3n) is 10.5. The van der Waals surface area contributed by atoms with Crippen LogP contribution in [0, 0.1) is 0 Å². The Morgan fingerprint density at radius 1 is 0.942 bits per heavy atom. The SMILES string of the molecule is COc1cc2nc(-c3cccc(C(F)(F)F)c3)c(CN3CCC(N4CCCCC4)CC3)c(C(=O)N[C@@H](C)c3ccccc3)c2cc1S(=O)(=O)C(C)C. The van der Waals surface area contributed by atoms with E-state index in [4.69, 9.17) is 9.72 Å². The van der Waals surface area contributed by atoms with Crippen LogP contribution in [0.15, 0.2) is 71.6 Å². The summed E-state index contributed by atoms with van der Waals surface area (Å²) in [4.78, 5) is 24.3. The molecule has 278 valence electrons. The number of nitrogens with zero attached hydrogens (tertiary/aromatic N) is 3. The molecule has 4 aromatic rings. The summed E-state index contributed by atoms with van der Waals surface area (Å²) in [5.41, 5.74) is 1.32. The first-order valence-corrected chi connectivity index (χ1v) is 19.6. The largest absolute Gasteiger partial charge is 0.495 e. The quantitative estimate of drug-likeness (QED) is 0.176. The van der Waals surface area contributed by atoms with Crippen molar-refractivity contribution < 1.29 is 31.1 Å². The van der Waals surface area contributed by atoms with E-state index in [1.54, 1.807) is 19.9 Å². The number of nitrogens with one attached hydrogen (secondary N) is 1. The third-order valence-corrected chi connectivity index (χ3v) is 12.7. The van der Waals surface area contributed by atoms with Gasteiger partial charge in [-0.2, -0.15) is 13.2 Å². The molecule has 2 fully saturated rings. The Labute approximate surface area is 304 Å². The van der Waals surface area contributed by atoms with Crippen LogP contribution in [0.4, 0.5) is 13.2 Å². The maximum absolute atomic E-state index is 14.7. The molecular weight excluding hydrogens is 690 g/mol. The number of amides is 1. The summed E-state index contributed by atoms with van der Waals surface area (Å²) >= 11 is 0. The first kappa shape index (κ1) is 37.7. The number of carbonyl (C=O) groups excluding carboxylic acids is 1. The van der Waals surface area contributed by atoms with Gasteiger partial charge in [-0.25, -0.2) is 13.4 Å². The summed E-state index contributed by atoms with van der Waals surface area (Å²) in [7, 11) is -2.53. The minimum absolute atomic E-state index is 0.0419. The smallest absolute Gasteiger partial charge is 0.416 e. The summed E-state index contributed by atoms with van der Waals surface area (Å²) in [6, 6.07) is 17.3. The van der Waals surface area contributed by atoms with Crippen LogP contribution in [-0.2, 0) is 22.6 Å². The van der Waals surface area contributed by atoms with E-state index in [0.29, 0.717) is 11.6 Å². The molecule has 0 bridgehead atoms. The third kappa shape index (κ3) is 7.99. The van der Waals surface area contributed by atoms with Crippen LogP contribution >= 0.6 is 0 Å². The lowest BCUT2D eigenvalue weighted by molar-refractivity contribution is -0.137. The minimum Gasteiger partial charge on any atom is -0.495 e. The Morgan fingerprint density at radius 3 is 2.27 bits per heavy atom. The van der Waals surface area contributed by atoms with Gasteiger partial charge in [0.15, 0.2) is 9.84 Å². The van der Waals surface area contributed by atoms with Crippen LogP contribution < -0.4 is 10.1 Å². The number of rotatable bonds is 10. The van der Waals surface area contributed by atoms with Crippen molar-refractivity contribution in [2.24, 2.45) is 0 Å². The van der Waals surface area contributed by atoms with Gasteiger partial charge in [0.1, 0.15) is 10.6 Å². The van der Waals surface area contributed by atoms with Crippen molar-refractivity contribution >= 4 is 26.6 Å². The summed E-state index contributed by atoms with van der Waals surface area (Å²) in [6.45, 7) is 8.89. The molecule has 2 aliphatic rings. The molecule has 1 amide bonds. The number of likely N-dealkylation sites (tertiary alicyclic amines) is 2. The molecule has 0 unspecified atom stereocenters. The molecule has 2 aliphatic heterocycles. The first-order chi connectivity index (χ1) is 24.8. The molecular formula is C40H47F3N4O4S. The Kier molecular flexibility index (Phi) is 11.3. The van der Waals surface area contributed by atoms with Gasteiger partial charge in [-0.1, -0.05) is 48.9 Å². The lowest BCUT2D eigenvalue weighted by Gasteiger charge is -2.40. The van der Waals surface area contributed by atoms with E-state index >= 15 is 0 Å². The number of benzene rings is 3. The number of piperidine rings is 2. The van der Waals surface area contributed by atoms with Crippen LogP contribution in [0.1, 0.15) is 86.0 Å². The van der Waals surface area contributed by atoms with Crippen molar-refractivity contribution in [2.75, 3.05) is 33.3 Å². The highest BCUT2D eigenvalue weighted by molar-refractivity contribution is 7.92. The van der Waals surface area contributed by atoms with Gasteiger partial charge in [-0.3, -0.25) is 9.69 Å². The van der Waals surface area contributed by atoms with Gasteiger partial charge in [0, 0.05) is 35.2 Å². The van der Waals surface area contributed by atoms with Gasteiger partial charge in [0.05, 0.1) is 40.7 Å². The van der Waals surface area contributed by atoms with Crippen molar-refractivity contribution in [3.05, 3.63) is 89.0 Å². The fraction of sp³-hybridized carbons (Fsp3) is 0.450. The summed E-state index contributed by atoms with van der Waals surface area (Å²) in [6.07, 6.45) is 0.909. The molecule has 0 spiro atoms.